The number of benzene rings is 1. The lowest BCUT2D eigenvalue weighted by atomic mass is 10.0. The molecule has 0 aliphatic heterocycles. The lowest BCUT2D eigenvalue weighted by Gasteiger charge is -2.21. The minimum Gasteiger partial charge on any atom is -0.494 e. The lowest BCUT2D eigenvalue weighted by molar-refractivity contribution is -0.133. The maximum absolute atomic E-state index is 12.1. The van der Waals surface area contributed by atoms with Crippen LogP contribution in [0.2, 0.25) is 0 Å². The molecule has 2 rings (SSSR count). The van der Waals surface area contributed by atoms with Crippen LogP contribution >= 0.6 is 0 Å². The summed E-state index contributed by atoms with van der Waals surface area (Å²) in [4.78, 5) is 14.2. The molecule has 1 aromatic rings. The van der Waals surface area contributed by atoms with Crippen molar-refractivity contribution in [3.05, 3.63) is 24.3 Å². The highest BCUT2D eigenvalue weighted by atomic mass is 16.5. The Balaban J connectivity index is 1.80. The smallest absolute Gasteiger partial charge is 0.256 e. The first-order valence-corrected chi connectivity index (χ1v) is 7.91. The highest BCUT2D eigenvalue weighted by molar-refractivity contribution is 5.97. The molecule has 0 radical (unpaired) electrons. The molecule has 0 aromatic heterocycles. The third-order valence-corrected chi connectivity index (χ3v) is 3.98. The number of nitrogens with one attached hydrogen (secondary N) is 1. The molecule has 1 fully saturated rings. The summed E-state index contributed by atoms with van der Waals surface area (Å²) in [5.41, 5.74) is -0.507. The van der Waals surface area contributed by atoms with Crippen LogP contribution in [-0.4, -0.2) is 48.8 Å². The van der Waals surface area contributed by atoms with E-state index in [0.717, 1.165) is 31.6 Å². The number of hydrogen-bond donors (Lipinski definition) is 2. The highest BCUT2D eigenvalue weighted by Crippen LogP contribution is 2.30. The van der Waals surface area contributed by atoms with Crippen molar-refractivity contribution in [1.82, 2.24) is 4.90 Å². The van der Waals surface area contributed by atoms with E-state index in [1.807, 2.05) is 26.2 Å². The van der Waals surface area contributed by atoms with Crippen molar-refractivity contribution >= 4 is 11.6 Å². The molecule has 0 spiro atoms. The normalized spacial score (nSPS) is 16.7. The number of hydrogen-bond acceptors (Lipinski definition) is 4. The summed E-state index contributed by atoms with van der Waals surface area (Å²) in [5, 5.41) is 13.0. The van der Waals surface area contributed by atoms with Gasteiger partial charge in [0, 0.05) is 12.2 Å². The second-order valence-corrected chi connectivity index (χ2v) is 6.22. The van der Waals surface area contributed by atoms with E-state index in [1.165, 1.54) is 0 Å². The maximum atomic E-state index is 12.1. The van der Waals surface area contributed by atoms with Gasteiger partial charge in [-0.1, -0.05) is 0 Å². The number of rotatable bonds is 7. The molecule has 0 unspecified atom stereocenters. The zero-order chi connectivity index (χ0) is 16.0. The quantitative estimate of drug-likeness (QED) is 0.759. The summed E-state index contributed by atoms with van der Waals surface area (Å²) < 4.78 is 5.65. The molecule has 0 heterocycles. The molecule has 0 atom stereocenters. The summed E-state index contributed by atoms with van der Waals surface area (Å²) >= 11 is 0. The average molecular weight is 306 g/mol. The van der Waals surface area contributed by atoms with Crippen molar-refractivity contribution in [1.29, 1.82) is 0 Å². The maximum Gasteiger partial charge on any atom is 0.256 e. The van der Waals surface area contributed by atoms with Gasteiger partial charge in [0.05, 0.1) is 6.61 Å². The van der Waals surface area contributed by atoms with Gasteiger partial charge in [-0.25, -0.2) is 0 Å². The molecule has 5 heteroatoms. The Morgan fingerprint density at radius 1 is 1.27 bits per heavy atom. The number of ether oxygens (including phenoxy) is 1. The van der Waals surface area contributed by atoms with Crippen molar-refractivity contribution in [2.75, 3.05) is 32.6 Å². The SMILES string of the molecule is CN(C)CCCOc1ccc(NC(=O)C2(O)CCCC2)cc1. The van der Waals surface area contributed by atoms with Crippen molar-refractivity contribution in [2.45, 2.75) is 37.7 Å². The fraction of sp³-hybridized carbons (Fsp3) is 0.588. The Labute approximate surface area is 132 Å². The van der Waals surface area contributed by atoms with Gasteiger partial charge in [-0.15, -0.1) is 0 Å². The van der Waals surface area contributed by atoms with Crippen molar-refractivity contribution < 1.29 is 14.6 Å². The van der Waals surface area contributed by atoms with Crippen LogP contribution in [0.5, 0.6) is 5.75 Å². The van der Waals surface area contributed by atoms with E-state index >= 15 is 0 Å². The second kappa shape index (κ2) is 7.61. The van der Waals surface area contributed by atoms with Gasteiger partial charge < -0.3 is 20.1 Å². The molecule has 122 valence electrons. The molecule has 22 heavy (non-hydrogen) atoms. The van der Waals surface area contributed by atoms with Crippen molar-refractivity contribution in [3.63, 3.8) is 0 Å². The molecule has 5 nitrogen and oxygen atoms in total. The Kier molecular flexibility index (Phi) is 5.80. The van der Waals surface area contributed by atoms with Gasteiger partial charge in [0.25, 0.3) is 5.91 Å². The van der Waals surface area contributed by atoms with Gasteiger partial charge in [0.2, 0.25) is 0 Å². The van der Waals surface area contributed by atoms with Gasteiger partial charge in [0.1, 0.15) is 11.4 Å². The monoisotopic (exact) mass is 306 g/mol. The van der Waals surface area contributed by atoms with Gasteiger partial charge >= 0.3 is 0 Å². The zero-order valence-electron chi connectivity index (χ0n) is 13.5. The van der Waals surface area contributed by atoms with Crippen molar-refractivity contribution in [2.24, 2.45) is 0 Å². The summed E-state index contributed by atoms with van der Waals surface area (Å²) in [6.07, 6.45) is 3.88. The standard InChI is InChI=1S/C17H26N2O3/c1-19(2)12-5-13-22-15-8-6-14(7-9-15)18-16(20)17(21)10-3-4-11-17/h6-9,21H,3-5,10-13H2,1-2H3,(H,18,20). The molecular weight excluding hydrogens is 280 g/mol. The Hall–Kier alpha value is -1.59. The van der Waals surface area contributed by atoms with Crippen LogP contribution in [-0.2, 0) is 4.79 Å². The molecule has 2 N–H and O–H groups in total. The highest BCUT2D eigenvalue weighted by Gasteiger charge is 2.38. The molecule has 1 aliphatic rings. The fourth-order valence-corrected chi connectivity index (χ4v) is 2.64. The van der Waals surface area contributed by atoms with Crippen LogP contribution in [0.25, 0.3) is 0 Å². The summed E-state index contributed by atoms with van der Waals surface area (Å²) in [6, 6.07) is 7.28. The first kappa shape index (κ1) is 16.8. The predicted molar refractivity (Wildman–Crippen MR) is 87.2 cm³/mol. The van der Waals surface area contributed by atoms with E-state index < -0.39 is 5.60 Å². The van der Waals surface area contributed by atoms with E-state index in [0.29, 0.717) is 25.1 Å². The minimum atomic E-state index is -1.19. The third-order valence-electron chi connectivity index (χ3n) is 3.98. The molecule has 1 saturated carbocycles. The number of carbonyl (C=O) groups excluding carboxylic acids is 1. The van der Waals surface area contributed by atoms with Crippen LogP contribution in [0, 0.1) is 0 Å². The van der Waals surface area contributed by atoms with Gasteiger partial charge in [-0.2, -0.15) is 0 Å². The largest absolute Gasteiger partial charge is 0.494 e. The van der Waals surface area contributed by atoms with Crippen LogP contribution in [0.4, 0.5) is 5.69 Å². The first-order chi connectivity index (χ1) is 10.5. The number of anilines is 1. The van der Waals surface area contributed by atoms with Crippen LogP contribution in [0.15, 0.2) is 24.3 Å². The molecule has 0 saturated heterocycles. The van der Waals surface area contributed by atoms with E-state index in [-0.39, 0.29) is 5.91 Å². The molecule has 1 aromatic carbocycles. The Bertz CT molecular complexity index is 479. The van der Waals surface area contributed by atoms with Crippen molar-refractivity contribution in [3.8, 4) is 5.75 Å². The van der Waals surface area contributed by atoms with Crippen LogP contribution in [0.3, 0.4) is 0 Å². The zero-order valence-corrected chi connectivity index (χ0v) is 13.5. The number of nitrogens with zero attached hydrogens (tertiary/aromatic N) is 1. The molecular formula is C17H26N2O3. The number of aliphatic hydroxyl groups is 1. The van der Waals surface area contributed by atoms with Crippen LogP contribution < -0.4 is 10.1 Å². The fourth-order valence-electron chi connectivity index (χ4n) is 2.64. The van der Waals surface area contributed by atoms with Gasteiger partial charge in [-0.3, -0.25) is 4.79 Å². The summed E-state index contributed by atoms with van der Waals surface area (Å²) in [6.45, 7) is 1.66. The minimum absolute atomic E-state index is 0.301. The van der Waals surface area contributed by atoms with E-state index in [2.05, 4.69) is 10.2 Å². The molecule has 1 aliphatic carbocycles. The van der Waals surface area contributed by atoms with Gasteiger partial charge in [0.15, 0.2) is 0 Å². The molecule has 1 amide bonds. The van der Waals surface area contributed by atoms with E-state index in [1.54, 1.807) is 12.1 Å². The average Bonchev–Trinajstić information content (AvgIpc) is 2.93. The van der Waals surface area contributed by atoms with E-state index in [9.17, 15) is 9.90 Å². The lowest BCUT2D eigenvalue weighted by Crippen LogP contribution is -2.40. The Morgan fingerprint density at radius 3 is 2.50 bits per heavy atom. The topological polar surface area (TPSA) is 61.8 Å². The third kappa shape index (κ3) is 4.71. The summed E-state index contributed by atoms with van der Waals surface area (Å²) in [5.74, 6) is 0.487. The molecule has 0 bridgehead atoms. The Morgan fingerprint density at radius 2 is 1.91 bits per heavy atom. The van der Waals surface area contributed by atoms with E-state index in [4.69, 9.17) is 4.74 Å². The first-order valence-electron chi connectivity index (χ1n) is 7.91. The number of carbonyl (C=O) groups is 1. The van der Waals surface area contributed by atoms with Gasteiger partial charge in [-0.05, 0) is 70.5 Å². The second-order valence-electron chi connectivity index (χ2n) is 6.22. The van der Waals surface area contributed by atoms with Crippen LogP contribution in [0.1, 0.15) is 32.1 Å². The number of amides is 1. The predicted octanol–water partition coefficient (Wildman–Crippen LogP) is 2.26. The summed E-state index contributed by atoms with van der Waals surface area (Å²) in [7, 11) is 4.07.